The first-order valence-electron chi connectivity index (χ1n) is 5.64. The highest BCUT2D eigenvalue weighted by molar-refractivity contribution is 5.85. The molecule has 0 bridgehead atoms. The van der Waals surface area contributed by atoms with Crippen LogP contribution in [0.25, 0.3) is 10.8 Å². The molecular weight excluding hydrogens is 220 g/mol. The third-order valence-corrected chi connectivity index (χ3v) is 2.80. The van der Waals surface area contributed by atoms with Crippen LogP contribution < -0.4 is 15.1 Å². The Morgan fingerprint density at radius 3 is 2.71 bits per heavy atom. The Kier molecular flexibility index (Phi) is 2.28. The molecule has 2 aromatic rings. The molecule has 4 nitrogen and oxygen atoms in total. The van der Waals surface area contributed by atoms with E-state index in [9.17, 15) is 4.79 Å². The maximum absolute atomic E-state index is 11.8. The summed E-state index contributed by atoms with van der Waals surface area (Å²) >= 11 is 0. The van der Waals surface area contributed by atoms with Crippen molar-refractivity contribution in [2.45, 2.75) is 19.8 Å². The zero-order valence-corrected chi connectivity index (χ0v) is 9.49. The van der Waals surface area contributed by atoms with Crippen LogP contribution in [-0.2, 0) is 6.42 Å². The van der Waals surface area contributed by atoms with E-state index in [1.165, 1.54) is 0 Å². The van der Waals surface area contributed by atoms with Gasteiger partial charge in [0.15, 0.2) is 11.5 Å². The van der Waals surface area contributed by atoms with Crippen LogP contribution in [-0.4, -0.2) is 6.79 Å². The summed E-state index contributed by atoms with van der Waals surface area (Å²) in [5.74, 6) is 2.00. The summed E-state index contributed by atoms with van der Waals surface area (Å²) in [5.41, 5.74) is -0.316. The van der Waals surface area contributed by atoms with Crippen LogP contribution in [0.4, 0.5) is 0 Å². The van der Waals surface area contributed by atoms with Crippen molar-refractivity contribution in [3.8, 4) is 11.5 Å². The van der Waals surface area contributed by atoms with Gasteiger partial charge >= 0.3 is 5.63 Å². The average molecular weight is 232 g/mol. The maximum Gasteiger partial charge on any atom is 0.343 e. The third-order valence-electron chi connectivity index (χ3n) is 2.80. The Hall–Kier alpha value is -1.97. The number of ether oxygens (including phenoxy) is 2. The fourth-order valence-electron chi connectivity index (χ4n) is 2.00. The first-order chi connectivity index (χ1) is 8.28. The smallest absolute Gasteiger partial charge is 0.343 e. The number of rotatable bonds is 2. The molecule has 0 spiro atoms. The summed E-state index contributed by atoms with van der Waals surface area (Å²) in [6, 6.07) is 5.40. The predicted molar refractivity (Wildman–Crippen MR) is 62.6 cm³/mol. The molecule has 0 fully saturated rings. The molecule has 4 heteroatoms. The van der Waals surface area contributed by atoms with Crippen LogP contribution in [0, 0.1) is 0 Å². The molecule has 0 saturated carbocycles. The number of benzene rings is 1. The maximum atomic E-state index is 11.8. The highest BCUT2D eigenvalue weighted by Gasteiger charge is 2.16. The van der Waals surface area contributed by atoms with Gasteiger partial charge in [0.2, 0.25) is 6.79 Å². The summed E-state index contributed by atoms with van der Waals surface area (Å²) < 4.78 is 15.8. The third kappa shape index (κ3) is 1.65. The fourth-order valence-corrected chi connectivity index (χ4v) is 2.00. The summed E-state index contributed by atoms with van der Waals surface area (Å²) in [7, 11) is 0. The Labute approximate surface area is 97.8 Å². The lowest BCUT2D eigenvalue weighted by Gasteiger charge is -2.02. The molecular formula is C13H12O4. The first-order valence-corrected chi connectivity index (χ1v) is 5.64. The SMILES string of the molecule is CCCc1cc2cc3c(cc2c(=O)o1)OCO3. The van der Waals surface area contributed by atoms with Crippen molar-refractivity contribution in [3.05, 3.63) is 34.4 Å². The van der Waals surface area contributed by atoms with Gasteiger partial charge in [-0.2, -0.15) is 0 Å². The van der Waals surface area contributed by atoms with Crippen molar-refractivity contribution in [3.63, 3.8) is 0 Å². The minimum atomic E-state index is -0.316. The number of hydrogen-bond acceptors (Lipinski definition) is 4. The molecule has 0 N–H and O–H groups in total. The highest BCUT2D eigenvalue weighted by atomic mass is 16.7. The number of aryl methyl sites for hydroxylation is 1. The molecule has 0 saturated heterocycles. The molecule has 1 aliphatic heterocycles. The molecule has 1 aromatic heterocycles. The second-order valence-corrected chi connectivity index (χ2v) is 4.04. The second-order valence-electron chi connectivity index (χ2n) is 4.04. The molecule has 0 unspecified atom stereocenters. The van der Waals surface area contributed by atoms with Gasteiger partial charge in [0.05, 0.1) is 5.39 Å². The zero-order valence-electron chi connectivity index (χ0n) is 9.49. The van der Waals surface area contributed by atoms with Crippen LogP contribution in [0.5, 0.6) is 11.5 Å². The summed E-state index contributed by atoms with van der Waals surface area (Å²) in [4.78, 5) is 11.8. The van der Waals surface area contributed by atoms with E-state index in [-0.39, 0.29) is 12.4 Å². The van der Waals surface area contributed by atoms with Gasteiger partial charge in [-0.3, -0.25) is 0 Å². The van der Waals surface area contributed by atoms with E-state index in [1.54, 1.807) is 6.07 Å². The normalized spacial score (nSPS) is 13.2. The van der Waals surface area contributed by atoms with E-state index in [1.807, 2.05) is 19.1 Å². The fraction of sp³-hybridized carbons (Fsp3) is 0.308. The summed E-state index contributed by atoms with van der Waals surface area (Å²) in [6.45, 7) is 2.25. The van der Waals surface area contributed by atoms with E-state index >= 15 is 0 Å². The average Bonchev–Trinajstić information content (AvgIpc) is 2.74. The van der Waals surface area contributed by atoms with Crippen molar-refractivity contribution in [1.29, 1.82) is 0 Å². The van der Waals surface area contributed by atoms with Crippen molar-refractivity contribution in [2.75, 3.05) is 6.79 Å². The summed E-state index contributed by atoms with van der Waals surface area (Å²) in [5, 5.41) is 1.38. The lowest BCUT2D eigenvalue weighted by atomic mass is 10.1. The van der Waals surface area contributed by atoms with Gasteiger partial charge in [0.1, 0.15) is 5.76 Å². The standard InChI is InChI=1S/C13H12O4/c1-2-3-9-4-8-5-11-12(16-7-15-11)6-10(8)13(14)17-9/h4-6H,2-3,7H2,1H3. The van der Waals surface area contributed by atoms with Crippen LogP contribution in [0.3, 0.4) is 0 Å². The van der Waals surface area contributed by atoms with E-state index in [0.717, 1.165) is 18.2 Å². The predicted octanol–water partition coefficient (Wildman–Crippen LogP) is 2.47. The molecule has 0 radical (unpaired) electrons. The Balaban J connectivity index is 2.24. The largest absolute Gasteiger partial charge is 0.454 e. The number of fused-ring (bicyclic) bond motifs is 2. The van der Waals surface area contributed by atoms with Gasteiger partial charge in [-0.05, 0) is 30.0 Å². The molecule has 1 aliphatic rings. The molecule has 1 aromatic carbocycles. The molecule has 3 rings (SSSR count). The first kappa shape index (κ1) is 10.2. The van der Waals surface area contributed by atoms with Crippen molar-refractivity contribution >= 4 is 10.8 Å². The minimum absolute atomic E-state index is 0.207. The van der Waals surface area contributed by atoms with E-state index < -0.39 is 0 Å². The van der Waals surface area contributed by atoms with Gasteiger partial charge in [-0.1, -0.05) is 6.92 Å². The molecule has 0 atom stereocenters. The zero-order chi connectivity index (χ0) is 11.8. The summed E-state index contributed by atoms with van der Waals surface area (Å²) in [6.07, 6.45) is 1.71. The van der Waals surface area contributed by atoms with Gasteiger partial charge in [0, 0.05) is 6.42 Å². The van der Waals surface area contributed by atoms with Crippen molar-refractivity contribution < 1.29 is 13.9 Å². The van der Waals surface area contributed by atoms with E-state index in [0.29, 0.717) is 22.6 Å². The van der Waals surface area contributed by atoms with Crippen molar-refractivity contribution in [2.24, 2.45) is 0 Å². The van der Waals surface area contributed by atoms with Crippen LogP contribution in [0.15, 0.2) is 27.4 Å². The topological polar surface area (TPSA) is 48.7 Å². The molecule has 2 heterocycles. The lowest BCUT2D eigenvalue weighted by Crippen LogP contribution is -2.02. The monoisotopic (exact) mass is 232 g/mol. The molecule has 0 amide bonds. The Morgan fingerprint density at radius 1 is 1.18 bits per heavy atom. The van der Waals surface area contributed by atoms with Crippen LogP contribution in [0.2, 0.25) is 0 Å². The quantitative estimate of drug-likeness (QED) is 0.798. The molecule has 17 heavy (non-hydrogen) atoms. The van der Waals surface area contributed by atoms with Crippen molar-refractivity contribution in [1.82, 2.24) is 0 Å². The molecule has 0 aliphatic carbocycles. The van der Waals surface area contributed by atoms with E-state index in [2.05, 4.69) is 0 Å². The van der Waals surface area contributed by atoms with Gasteiger partial charge in [0.25, 0.3) is 0 Å². The number of hydrogen-bond donors (Lipinski definition) is 0. The Bertz CT molecular complexity index is 627. The minimum Gasteiger partial charge on any atom is -0.454 e. The van der Waals surface area contributed by atoms with Gasteiger partial charge in [-0.25, -0.2) is 4.79 Å². The van der Waals surface area contributed by atoms with Crippen LogP contribution >= 0.6 is 0 Å². The highest BCUT2D eigenvalue weighted by Crippen LogP contribution is 2.35. The van der Waals surface area contributed by atoms with E-state index in [4.69, 9.17) is 13.9 Å². The van der Waals surface area contributed by atoms with Gasteiger partial charge in [-0.15, -0.1) is 0 Å². The molecule has 88 valence electrons. The Morgan fingerprint density at radius 2 is 1.94 bits per heavy atom. The second kappa shape index (κ2) is 3.80. The van der Waals surface area contributed by atoms with Gasteiger partial charge < -0.3 is 13.9 Å². The lowest BCUT2D eigenvalue weighted by molar-refractivity contribution is 0.174. The van der Waals surface area contributed by atoms with Crippen LogP contribution in [0.1, 0.15) is 19.1 Å².